The predicted octanol–water partition coefficient (Wildman–Crippen LogP) is 1.94. The normalized spacial score (nSPS) is 32.8. The number of amides is 3. The molecular formula is C22H27BrClN3O5. The summed E-state index contributed by atoms with van der Waals surface area (Å²) in [7, 11) is 0. The first kappa shape index (κ1) is 23.5. The topological polar surface area (TPSA) is 108 Å². The lowest BCUT2D eigenvalue weighted by Crippen LogP contribution is -2.54. The first-order valence-corrected chi connectivity index (χ1v) is 12.2. The number of para-hydroxylation sites is 1. The third-order valence-corrected chi connectivity index (χ3v) is 7.75. The van der Waals surface area contributed by atoms with Crippen molar-refractivity contribution >= 4 is 50.9 Å². The molecule has 0 saturated carbocycles. The fourth-order valence-corrected chi connectivity index (χ4v) is 6.47. The largest absolute Gasteiger partial charge is 0.396 e. The van der Waals surface area contributed by atoms with Crippen LogP contribution in [0.2, 0.25) is 5.02 Å². The smallest absolute Gasteiger partial charge is 0.250 e. The average molecular weight is 529 g/mol. The summed E-state index contributed by atoms with van der Waals surface area (Å²) in [6, 6.07) is 5.94. The number of aliphatic hydroxyl groups excluding tert-OH is 1. The van der Waals surface area contributed by atoms with Crippen LogP contribution in [0.25, 0.3) is 0 Å². The number of rotatable bonds is 8. The molecule has 0 radical (unpaired) electrons. The third kappa shape index (κ3) is 3.73. The zero-order valence-electron chi connectivity index (χ0n) is 17.7. The molecule has 3 N–H and O–H groups in total. The summed E-state index contributed by atoms with van der Waals surface area (Å²) in [4.78, 5) is 41.4. The van der Waals surface area contributed by atoms with Crippen LogP contribution in [0.15, 0.2) is 24.3 Å². The monoisotopic (exact) mass is 527 g/mol. The molecule has 3 saturated heterocycles. The highest BCUT2D eigenvalue weighted by Crippen LogP contribution is 2.60. The Bertz CT molecular complexity index is 917. The predicted molar refractivity (Wildman–Crippen MR) is 123 cm³/mol. The van der Waals surface area contributed by atoms with Crippen LogP contribution in [0.1, 0.15) is 26.2 Å². The molecule has 4 rings (SSSR count). The maximum absolute atomic E-state index is 13.6. The SMILES string of the molecule is CCCNC(=O)[C@H]1[C@@H]2OC3(CC2Br)C(C(=O)Nc2ccccc2Cl)N(CCCO)C(=O)[C@H]13. The summed E-state index contributed by atoms with van der Waals surface area (Å²) in [6.45, 7) is 2.54. The van der Waals surface area contributed by atoms with E-state index in [2.05, 4.69) is 26.6 Å². The molecule has 10 heteroatoms. The lowest BCUT2D eigenvalue weighted by atomic mass is 9.70. The van der Waals surface area contributed by atoms with Gasteiger partial charge >= 0.3 is 0 Å². The van der Waals surface area contributed by atoms with Crippen molar-refractivity contribution in [2.45, 2.75) is 48.8 Å². The molecular weight excluding hydrogens is 502 g/mol. The summed E-state index contributed by atoms with van der Waals surface area (Å²) in [6.07, 6.45) is 1.04. The number of anilines is 1. The Balaban J connectivity index is 1.70. The first-order chi connectivity index (χ1) is 15.4. The van der Waals surface area contributed by atoms with Gasteiger partial charge in [0.15, 0.2) is 0 Å². The van der Waals surface area contributed by atoms with Crippen LogP contribution in [0, 0.1) is 11.8 Å². The van der Waals surface area contributed by atoms with E-state index in [0.717, 1.165) is 6.42 Å². The zero-order chi connectivity index (χ0) is 23.0. The Morgan fingerprint density at radius 1 is 1.34 bits per heavy atom. The minimum atomic E-state index is -1.12. The van der Waals surface area contributed by atoms with Crippen LogP contribution in [0.5, 0.6) is 0 Å². The molecule has 3 fully saturated rings. The number of halogens is 2. The molecule has 6 atom stereocenters. The number of nitrogens with one attached hydrogen (secondary N) is 2. The van der Waals surface area contributed by atoms with E-state index < -0.39 is 35.5 Å². The van der Waals surface area contributed by atoms with Gasteiger partial charge in [0.1, 0.15) is 11.6 Å². The molecule has 1 aromatic rings. The number of carbonyl (C=O) groups is 3. The van der Waals surface area contributed by atoms with Crippen molar-refractivity contribution in [3.8, 4) is 0 Å². The Hall–Kier alpha value is -1.68. The zero-order valence-corrected chi connectivity index (χ0v) is 20.1. The Morgan fingerprint density at radius 3 is 2.78 bits per heavy atom. The van der Waals surface area contributed by atoms with Crippen molar-refractivity contribution in [3.63, 3.8) is 0 Å². The van der Waals surface area contributed by atoms with Gasteiger partial charge < -0.3 is 25.4 Å². The molecule has 3 aliphatic rings. The van der Waals surface area contributed by atoms with Crippen LogP contribution >= 0.6 is 27.5 Å². The van der Waals surface area contributed by atoms with Gasteiger partial charge in [-0.3, -0.25) is 14.4 Å². The molecule has 32 heavy (non-hydrogen) atoms. The second kappa shape index (κ2) is 9.29. The van der Waals surface area contributed by atoms with Crippen molar-refractivity contribution in [3.05, 3.63) is 29.3 Å². The number of likely N-dealkylation sites (tertiary alicyclic amines) is 1. The lowest BCUT2D eigenvalue weighted by Gasteiger charge is -2.34. The molecule has 2 bridgehead atoms. The van der Waals surface area contributed by atoms with Gasteiger partial charge in [-0.1, -0.05) is 46.6 Å². The van der Waals surface area contributed by atoms with Gasteiger partial charge in [-0.25, -0.2) is 0 Å². The van der Waals surface area contributed by atoms with Gasteiger partial charge in [-0.15, -0.1) is 0 Å². The maximum Gasteiger partial charge on any atom is 0.250 e. The number of fused-ring (bicyclic) bond motifs is 1. The molecule has 8 nitrogen and oxygen atoms in total. The fraction of sp³-hybridized carbons (Fsp3) is 0.591. The molecule has 1 spiro atoms. The first-order valence-electron chi connectivity index (χ1n) is 10.9. The summed E-state index contributed by atoms with van der Waals surface area (Å²) in [5, 5.41) is 15.5. The van der Waals surface area contributed by atoms with E-state index in [1.54, 1.807) is 24.3 Å². The number of alkyl halides is 1. The van der Waals surface area contributed by atoms with Gasteiger partial charge in [0.25, 0.3) is 0 Å². The summed E-state index contributed by atoms with van der Waals surface area (Å²) < 4.78 is 6.37. The Kier molecular flexibility index (Phi) is 6.81. The van der Waals surface area contributed by atoms with Crippen LogP contribution in [0.3, 0.4) is 0 Å². The van der Waals surface area contributed by atoms with Gasteiger partial charge in [-0.05, 0) is 31.4 Å². The molecule has 1 aromatic carbocycles. The van der Waals surface area contributed by atoms with Crippen LogP contribution < -0.4 is 10.6 Å². The van der Waals surface area contributed by atoms with E-state index in [1.807, 2.05) is 6.92 Å². The summed E-state index contributed by atoms with van der Waals surface area (Å²) in [5.41, 5.74) is -0.681. The average Bonchev–Trinajstić information content (AvgIpc) is 3.35. The van der Waals surface area contributed by atoms with Crippen molar-refractivity contribution in [2.24, 2.45) is 11.8 Å². The van der Waals surface area contributed by atoms with E-state index in [0.29, 0.717) is 30.1 Å². The molecule has 3 amide bonds. The third-order valence-electron chi connectivity index (χ3n) is 6.58. The van der Waals surface area contributed by atoms with Gasteiger partial charge in [0.05, 0.1) is 28.6 Å². The number of hydrogen-bond donors (Lipinski definition) is 3. The Morgan fingerprint density at radius 2 is 2.09 bits per heavy atom. The molecule has 3 aliphatic heterocycles. The van der Waals surface area contributed by atoms with Gasteiger partial charge in [0.2, 0.25) is 17.7 Å². The molecule has 3 heterocycles. The number of benzene rings is 1. The van der Waals surface area contributed by atoms with Crippen LogP contribution in [-0.4, -0.2) is 70.0 Å². The van der Waals surface area contributed by atoms with Gasteiger partial charge in [0, 0.05) is 24.5 Å². The second-order valence-electron chi connectivity index (χ2n) is 8.53. The van der Waals surface area contributed by atoms with Crippen molar-refractivity contribution in [2.75, 3.05) is 25.0 Å². The van der Waals surface area contributed by atoms with Crippen molar-refractivity contribution in [1.82, 2.24) is 10.2 Å². The molecule has 0 aromatic heterocycles. The van der Waals surface area contributed by atoms with Crippen molar-refractivity contribution < 1.29 is 24.2 Å². The maximum atomic E-state index is 13.6. The highest BCUT2D eigenvalue weighted by Gasteiger charge is 2.76. The second-order valence-corrected chi connectivity index (χ2v) is 10.1. The minimum absolute atomic E-state index is 0.120. The van der Waals surface area contributed by atoms with E-state index >= 15 is 0 Å². The highest BCUT2D eigenvalue weighted by atomic mass is 79.9. The highest BCUT2D eigenvalue weighted by molar-refractivity contribution is 9.09. The van der Waals surface area contributed by atoms with Gasteiger partial charge in [-0.2, -0.15) is 0 Å². The minimum Gasteiger partial charge on any atom is -0.396 e. The number of hydrogen-bond acceptors (Lipinski definition) is 5. The summed E-state index contributed by atoms with van der Waals surface area (Å²) in [5.74, 6) is -2.35. The van der Waals surface area contributed by atoms with Crippen LogP contribution in [-0.2, 0) is 19.1 Å². The lowest BCUT2D eigenvalue weighted by molar-refractivity contribution is -0.140. The van der Waals surface area contributed by atoms with E-state index in [1.165, 1.54) is 4.90 Å². The molecule has 174 valence electrons. The van der Waals surface area contributed by atoms with E-state index in [-0.39, 0.29) is 29.8 Å². The van der Waals surface area contributed by atoms with Crippen molar-refractivity contribution in [1.29, 1.82) is 0 Å². The van der Waals surface area contributed by atoms with E-state index in [4.69, 9.17) is 16.3 Å². The molecule has 0 aliphatic carbocycles. The number of aliphatic hydroxyl groups is 1. The number of ether oxygens (including phenoxy) is 1. The van der Waals surface area contributed by atoms with E-state index in [9.17, 15) is 19.5 Å². The number of carbonyl (C=O) groups excluding carboxylic acids is 3. The number of nitrogens with zero attached hydrogens (tertiary/aromatic N) is 1. The fourth-order valence-electron chi connectivity index (χ4n) is 5.34. The molecule has 3 unspecified atom stereocenters. The quantitative estimate of drug-likeness (QED) is 0.447. The van der Waals surface area contributed by atoms with Crippen LogP contribution in [0.4, 0.5) is 5.69 Å². The summed E-state index contributed by atoms with van der Waals surface area (Å²) >= 11 is 9.85. The standard InChI is InChI=1S/C22H27BrClN3O5/c1-2-8-25-19(29)15-16-21(31)27(9-5-10-28)18(22(16)11-12(23)17(15)32-22)20(30)26-14-7-4-3-6-13(14)24/h3-4,6-7,12,15-18,28H,2,5,8-11H2,1H3,(H,25,29)(H,26,30)/t12?,15-,16+,17-,18?,22?/m1/s1. The Labute approximate surface area is 200 Å².